The van der Waals surface area contributed by atoms with E-state index in [1.165, 1.54) is 0 Å². The fourth-order valence-electron chi connectivity index (χ4n) is 1.14. The molecular weight excluding hydrogens is 190 g/mol. The van der Waals surface area contributed by atoms with Gasteiger partial charge >= 0.3 is 0 Å². The first-order valence-corrected chi connectivity index (χ1v) is 5.15. The highest BCUT2D eigenvalue weighted by atomic mass is 16.3. The largest absolute Gasteiger partial charge is 0.508 e. The first-order valence-electron chi connectivity index (χ1n) is 5.15. The molecule has 1 atom stereocenters. The lowest BCUT2D eigenvalue weighted by atomic mass is 10.1. The molecule has 0 saturated carbocycles. The van der Waals surface area contributed by atoms with E-state index in [1.807, 2.05) is 20.8 Å². The van der Waals surface area contributed by atoms with Crippen LogP contribution in [-0.2, 0) is 4.79 Å². The van der Waals surface area contributed by atoms with Crippen molar-refractivity contribution in [1.82, 2.24) is 0 Å². The van der Waals surface area contributed by atoms with Gasteiger partial charge in [0.15, 0.2) is 0 Å². The Kier molecular flexibility index (Phi) is 3.72. The molecule has 1 rings (SSSR count). The van der Waals surface area contributed by atoms with Crippen molar-refractivity contribution in [2.24, 2.45) is 5.92 Å². The predicted octanol–water partition coefficient (Wildman–Crippen LogP) is 2.69. The fraction of sp³-hybridized carbons (Fsp3) is 0.417. The average molecular weight is 207 g/mol. The van der Waals surface area contributed by atoms with Crippen LogP contribution in [0.2, 0.25) is 0 Å². The number of carbonyl (C=O) groups excluding carboxylic acids is 1. The Bertz CT molecular complexity index is 361. The van der Waals surface area contributed by atoms with Crippen LogP contribution in [0.25, 0.3) is 0 Å². The molecular formula is C12H17NO2. The number of rotatable bonds is 3. The predicted molar refractivity (Wildman–Crippen MR) is 60.9 cm³/mol. The summed E-state index contributed by atoms with van der Waals surface area (Å²) in [6.07, 6.45) is 0.809. The molecule has 0 bridgehead atoms. The smallest absolute Gasteiger partial charge is 0.227 e. The zero-order chi connectivity index (χ0) is 11.4. The summed E-state index contributed by atoms with van der Waals surface area (Å²) in [6.45, 7) is 5.66. The van der Waals surface area contributed by atoms with E-state index < -0.39 is 0 Å². The number of aryl methyl sites for hydroxylation is 1. The molecule has 1 aromatic rings. The van der Waals surface area contributed by atoms with E-state index in [-0.39, 0.29) is 17.6 Å². The molecule has 1 aromatic carbocycles. The van der Waals surface area contributed by atoms with Crippen molar-refractivity contribution in [2.45, 2.75) is 27.2 Å². The highest BCUT2D eigenvalue weighted by molar-refractivity contribution is 5.92. The Hall–Kier alpha value is -1.51. The Balaban J connectivity index is 2.73. The lowest BCUT2D eigenvalue weighted by Gasteiger charge is -2.10. The van der Waals surface area contributed by atoms with Gasteiger partial charge in [-0.25, -0.2) is 0 Å². The molecule has 0 fully saturated rings. The Morgan fingerprint density at radius 2 is 2.20 bits per heavy atom. The molecule has 3 heteroatoms. The van der Waals surface area contributed by atoms with E-state index in [0.29, 0.717) is 5.69 Å². The van der Waals surface area contributed by atoms with Crippen molar-refractivity contribution in [3.05, 3.63) is 23.8 Å². The number of benzene rings is 1. The van der Waals surface area contributed by atoms with Gasteiger partial charge in [0.1, 0.15) is 5.75 Å². The molecule has 0 aliphatic heterocycles. The molecule has 0 aliphatic rings. The number of phenolic OH excluding ortho intramolecular Hbond substituents is 1. The number of carbonyl (C=O) groups is 1. The second-order valence-electron chi connectivity index (χ2n) is 3.80. The van der Waals surface area contributed by atoms with Crippen LogP contribution in [-0.4, -0.2) is 11.0 Å². The van der Waals surface area contributed by atoms with Gasteiger partial charge in [-0.1, -0.05) is 19.9 Å². The fourth-order valence-corrected chi connectivity index (χ4v) is 1.14. The van der Waals surface area contributed by atoms with Crippen LogP contribution in [0.1, 0.15) is 25.8 Å². The monoisotopic (exact) mass is 207 g/mol. The summed E-state index contributed by atoms with van der Waals surface area (Å²) in [4.78, 5) is 11.5. The molecule has 15 heavy (non-hydrogen) atoms. The Morgan fingerprint density at radius 3 is 2.73 bits per heavy atom. The molecule has 0 heterocycles. The third-order valence-corrected chi connectivity index (χ3v) is 2.54. The first-order chi connectivity index (χ1) is 7.04. The summed E-state index contributed by atoms with van der Waals surface area (Å²) < 4.78 is 0. The maximum Gasteiger partial charge on any atom is 0.227 e. The van der Waals surface area contributed by atoms with Gasteiger partial charge in [0.25, 0.3) is 0 Å². The minimum Gasteiger partial charge on any atom is -0.508 e. The van der Waals surface area contributed by atoms with Crippen molar-refractivity contribution >= 4 is 11.6 Å². The molecule has 0 unspecified atom stereocenters. The molecule has 82 valence electrons. The molecule has 0 spiro atoms. The van der Waals surface area contributed by atoms with Gasteiger partial charge in [0, 0.05) is 17.7 Å². The highest BCUT2D eigenvalue weighted by Gasteiger charge is 2.10. The summed E-state index contributed by atoms with van der Waals surface area (Å²) in [5.74, 6) is 0.186. The average Bonchev–Trinajstić information content (AvgIpc) is 2.22. The third-order valence-electron chi connectivity index (χ3n) is 2.54. The van der Waals surface area contributed by atoms with E-state index in [9.17, 15) is 9.90 Å². The van der Waals surface area contributed by atoms with Crippen molar-refractivity contribution in [2.75, 3.05) is 5.32 Å². The van der Waals surface area contributed by atoms with Crippen LogP contribution in [0.4, 0.5) is 5.69 Å². The number of hydrogen-bond donors (Lipinski definition) is 2. The van der Waals surface area contributed by atoms with Gasteiger partial charge < -0.3 is 10.4 Å². The lowest BCUT2D eigenvalue weighted by Crippen LogP contribution is -2.19. The van der Waals surface area contributed by atoms with E-state index in [1.54, 1.807) is 18.2 Å². The number of aromatic hydroxyl groups is 1. The lowest BCUT2D eigenvalue weighted by molar-refractivity contribution is -0.119. The summed E-state index contributed by atoms with van der Waals surface area (Å²) in [5.41, 5.74) is 1.44. The van der Waals surface area contributed by atoms with Crippen molar-refractivity contribution in [3.8, 4) is 5.75 Å². The molecule has 3 nitrogen and oxygen atoms in total. The topological polar surface area (TPSA) is 49.3 Å². The van der Waals surface area contributed by atoms with E-state index >= 15 is 0 Å². The van der Waals surface area contributed by atoms with Crippen LogP contribution in [0, 0.1) is 12.8 Å². The number of anilines is 1. The van der Waals surface area contributed by atoms with E-state index in [2.05, 4.69) is 5.32 Å². The second-order valence-corrected chi connectivity index (χ2v) is 3.80. The molecule has 0 aliphatic carbocycles. The Labute approximate surface area is 90.1 Å². The maximum atomic E-state index is 11.5. The van der Waals surface area contributed by atoms with Crippen molar-refractivity contribution in [3.63, 3.8) is 0 Å². The van der Waals surface area contributed by atoms with Crippen LogP contribution in [0.3, 0.4) is 0 Å². The molecule has 2 N–H and O–H groups in total. The molecule has 0 aromatic heterocycles. The van der Waals surface area contributed by atoms with E-state index in [4.69, 9.17) is 0 Å². The molecule has 1 amide bonds. The minimum atomic E-state index is -0.0132. The van der Waals surface area contributed by atoms with Gasteiger partial charge in [-0.2, -0.15) is 0 Å². The Morgan fingerprint density at radius 1 is 1.53 bits per heavy atom. The van der Waals surface area contributed by atoms with Gasteiger partial charge in [-0.3, -0.25) is 4.79 Å². The van der Waals surface area contributed by atoms with Crippen LogP contribution < -0.4 is 5.32 Å². The quantitative estimate of drug-likeness (QED) is 0.800. The summed E-state index contributed by atoms with van der Waals surface area (Å²) in [6, 6.07) is 5.13. The number of phenols is 1. The number of hydrogen-bond acceptors (Lipinski definition) is 2. The van der Waals surface area contributed by atoms with Crippen LogP contribution >= 0.6 is 0 Å². The van der Waals surface area contributed by atoms with Gasteiger partial charge in [-0.05, 0) is 25.0 Å². The zero-order valence-corrected chi connectivity index (χ0v) is 9.37. The first kappa shape index (κ1) is 11.6. The summed E-state index contributed by atoms with van der Waals surface area (Å²) in [7, 11) is 0. The van der Waals surface area contributed by atoms with Gasteiger partial charge in [-0.15, -0.1) is 0 Å². The molecule has 0 saturated heterocycles. The normalized spacial score (nSPS) is 12.2. The summed E-state index contributed by atoms with van der Waals surface area (Å²) >= 11 is 0. The second kappa shape index (κ2) is 4.82. The van der Waals surface area contributed by atoms with Crippen LogP contribution in [0.5, 0.6) is 5.75 Å². The zero-order valence-electron chi connectivity index (χ0n) is 9.37. The standard InChI is InChI=1S/C12H17NO2/c1-4-8(2)12(15)13-10-6-5-9(3)11(14)7-10/h5-8,14H,4H2,1-3H3,(H,13,15)/t8-/m0/s1. The van der Waals surface area contributed by atoms with Gasteiger partial charge in [0.2, 0.25) is 5.91 Å². The van der Waals surface area contributed by atoms with Gasteiger partial charge in [0.05, 0.1) is 0 Å². The van der Waals surface area contributed by atoms with Crippen LogP contribution in [0.15, 0.2) is 18.2 Å². The minimum absolute atomic E-state index is 0.00607. The maximum absolute atomic E-state index is 11.5. The summed E-state index contributed by atoms with van der Waals surface area (Å²) in [5, 5.41) is 12.2. The SMILES string of the molecule is CC[C@H](C)C(=O)Nc1ccc(C)c(O)c1. The van der Waals surface area contributed by atoms with Crippen molar-refractivity contribution in [1.29, 1.82) is 0 Å². The van der Waals surface area contributed by atoms with Crippen molar-refractivity contribution < 1.29 is 9.90 Å². The van der Waals surface area contributed by atoms with E-state index in [0.717, 1.165) is 12.0 Å². The third kappa shape index (κ3) is 2.98. The highest BCUT2D eigenvalue weighted by Crippen LogP contribution is 2.21. The number of nitrogens with one attached hydrogen (secondary N) is 1. The molecule has 0 radical (unpaired) electrons. The number of amides is 1.